The second kappa shape index (κ2) is 3.56. The van der Waals surface area contributed by atoms with E-state index in [0.29, 0.717) is 0 Å². The van der Waals surface area contributed by atoms with E-state index in [2.05, 4.69) is 29.0 Å². The molecule has 0 atom stereocenters. The van der Waals surface area contributed by atoms with Crippen LogP contribution in [-0.4, -0.2) is 9.97 Å². The fourth-order valence-electron chi connectivity index (χ4n) is 1.89. The van der Waals surface area contributed by atoms with Gasteiger partial charge in [-0.2, -0.15) is 0 Å². The number of aryl methyl sites for hydroxylation is 1. The molecule has 0 amide bonds. The van der Waals surface area contributed by atoms with E-state index in [1.807, 2.05) is 30.3 Å². The number of benzene rings is 2. The topological polar surface area (TPSA) is 25.8 Å². The maximum atomic E-state index is 4.62. The Balaban J connectivity index is 2.37. The van der Waals surface area contributed by atoms with Gasteiger partial charge in [0.15, 0.2) is 0 Å². The van der Waals surface area contributed by atoms with Gasteiger partial charge in [-0.1, -0.05) is 25.1 Å². The van der Waals surface area contributed by atoms with Crippen LogP contribution >= 0.6 is 0 Å². The minimum Gasteiger partial charge on any atom is -0.245 e. The van der Waals surface area contributed by atoms with Crippen molar-refractivity contribution in [1.82, 2.24) is 9.97 Å². The number of fused-ring (bicyclic) bond motifs is 2. The van der Waals surface area contributed by atoms with E-state index < -0.39 is 0 Å². The summed E-state index contributed by atoms with van der Waals surface area (Å²) in [7, 11) is 0. The Morgan fingerprint density at radius 1 is 0.812 bits per heavy atom. The maximum Gasteiger partial charge on any atom is 0.0897 e. The Bertz CT molecular complexity index is 659. The first-order valence-corrected chi connectivity index (χ1v) is 5.52. The summed E-state index contributed by atoms with van der Waals surface area (Å²) >= 11 is 0. The lowest BCUT2D eigenvalue weighted by molar-refractivity contribution is 1.14. The predicted molar refractivity (Wildman–Crippen MR) is 66.4 cm³/mol. The molecule has 78 valence electrons. The van der Waals surface area contributed by atoms with Gasteiger partial charge >= 0.3 is 0 Å². The Morgan fingerprint density at radius 2 is 1.44 bits per heavy atom. The molecule has 0 saturated heterocycles. The largest absolute Gasteiger partial charge is 0.245 e. The summed E-state index contributed by atoms with van der Waals surface area (Å²) < 4.78 is 0. The van der Waals surface area contributed by atoms with Gasteiger partial charge in [0.05, 0.1) is 22.1 Å². The van der Waals surface area contributed by atoms with Crippen LogP contribution in [0.1, 0.15) is 12.5 Å². The summed E-state index contributed by atoms with van der Waals surface area (Å²) in [5.41, 5.74) is 5.17. The highest BCUT2D eigenvalue weighted by Gasteiger charge is 2.01. The molecule has 2 aromatic carbocycles. The van der Waals surface area contributed by atoms with Gasteiger partial charge in [0.2, 0.25) is 0 Å². The molecule has 0 aliphatic heterocycles. The fourth-order valence-corrected chi connectivity index (χ4v) is 1.89. The summed E-state index contributed by atoms with van der Waals surface area (Å²) in [6.45, 7) is 2.15. The third kappa shape index (κ3) is 1.43. The highest BCUT2D eigenvalue weighted by atomic mass is 14.8. The summed E-state index contributed by atoms with van der Waals surface area (Å²) in [6, 6.07) is 14.3. The van der Waals surface area contributed by atoms with Crippen molar-refractivity contribution >= 4 is 22.1 Å². The minimum absolute atomic E-state index is 0.958. The Morgan fingerprint density at radius 3 is 2.12 bits per heavy atom. The zero-order valence-corrected chi connectivity index (χ0v) is 9.14. The van der Waals surface area contributed by atoms with Gasteiger partial charge in [0.1, 0.15) is 0 Å². The van der Waals surface area contributed by atoms with Crippen molar-refractivity contribution in [1.29, 1.82) is 0 Å². The van der Waals surface area contributed by atoms with Crippen LogP contribution in [0.25, 0.3) is 22.1 Å². The molecule has 0 aliphatic rings. The van der Waals surface area contributed by atoms with E-state index in [-0.39, 0.29) is 0 Å². The minimum atomic E-state index is 0.958. The Hall–Kier alpha value is -1.96. The van der Waals surface area contributed by atoms with E-state index >= 15 is 0 Å². The quantitative estimate of drug-likeness (QED) is 0.573. The second-order valence-electron chi connectivity index (χ2n) is 3.89. The van der Waals surface area contributed by atoms with Crippen molar-refractivity contribution in [2.45, 2.75) is 13.3 Å². The lowest BCUT2D eigenvalue weighted by atomic mass is 10.1. The molecule has 0 bridgehead atoms. The maximum absolute atomic E-state index is 4.62. The first-order chi connectivity index (χ1) is 7.86. The first-order valence-electron chi connectivity index (χ1n) is 5.52. The first kappa shape index (κ1) is 9.28. The average Bonchev–Trinajstić information content (AvgIpc) is 2.35. The van der Waals surface area contributed by atoms with Gasteiger partial charge in [-0.15, -0.1) is 0 Å². The standard InChI is InChI=1S/C14H12N2/c1-2-10-7-8-13-14(9-10)16-12-6-4-3-5-11(12)15-13/h3-9H,2H2,1H3. The van der Waals surface area contributed by atoms with E-state index in [1.54, 1.807) is 0 Å². The number of para-hydroxylation sites is 2. The molecule has 3 rings (SSSR count). The SMILES string of the molecule is CCc1ccc2nc3ccccc3nc2c1. The van der Waals surface area contributed by atoms with Crippen LogP contribution < -0.4 is 0 Å². The summed E-state index contributed by atoms with van der Waals surface area (Å²) in [5, 5.41) is 0. The van der Waals surface area contributed by atoms with Gasteiger partial charge in [0.25, 0.3) is 0 Å². The van der Waals surface area contributed by atoms with Crippen LogP contribution in [-0.2, 0) is 6.42 Å². The highest BCUT2D eigenvalue weighted by molar-refractivity contribution is 5.86. The van der Waals surface area contributed by atoms with Crippen molar-refractivity contribution in [3.63, 3.8) is 0 Å². The molecule has 0 N–H and O–H groups in total. The monoisotopic (exact) mass is 208 g/mol. The fraction of sp³-hybridized carbons (Fsp3) is 0.143. The molecule has 0 fully saturated rings. The molecule has 3 aromatic rings. The highest BCUT2D eigenvalue weighted by Crippen LogP contribution is 2.17. The zero-order valence-electron chi connectivity index (χ0n) is 9.14. The van der Waals surface area contributed by atoms with Gasteiger partial charge in [-0.05, 0) is 36.2 Å². The van der Waals surface area contributed by atoms with Gasteiger partial charge in [0, 0.05) is 0 Å². The molecule has 1 aromatic heterocycles. The molecule has 0 radical (unpaired) electrons. The lowest BCUT2D eigenvalue weighted by Crippen LogP contribution is -1.88. The Labute approximate surface area is 94.0 Å². The average molecular weight is 208 g/mol. The van der Waals surface area contributed by atoms with Crippen molar-refractivity contribution < 1.29 is 0 Å². The van der Waals surface area contributed by atoms with Crippen LogP contribution in [0, 0.1) is 0 Å². The third-order valence-corrected chi connectivity index (χ3v) is 2.81. The smallest absolute Gasteiger partial charge is 0.0897 e. The molecule has 0 saturated carbocycles. The van der Waals surface area contributed by atoms with Crippen molar-refractivity contribution in [2.75, 3.05) is 0 Å². The van der Waals surface area contributed by atoms with Crippen LogP contribution in [0.15, 0.2) is 42.5 Å². The molecular formula is C14H12N2. The molecule has 1 heterocycles. The number of hydrogen-bond acceptors (Lipinski definition) is 2. The second-order valence-corrected chi connectivity index (χ2v) is 3.89. The number of rotatable bonds is 1. The number of nitrogens with zero attached hydrogens (tertiary/aromatic N) is 2. The van der Waals surface area contributed by atoms with Gasteiger partial charge in [-0.3, -0.25) is 0 Å². The molecule has 0 unspecified atom stereocenters. The summed E-state index contributed by atoms with van der Waals surface area (Å²) in [6.07, 6.45) is 1.03. The van der Waals surface area contributed by atoms with E-state index in [4.69, 9.17) is 0 Å². The van der Waals surface area contributed by atoms with Crippen LogP contribution in [0.4, 0.5) is 0 Å². The van der Waals surface area contributed by atoms with E-state index in [9.17, 15) is 0 Å². The summed E-state index contributed by atoms with van der Waals surface area (Å²) in [4.78, 5) is 9.21. The molecule has 2 heteroatoms. The van der Waals surface area contributed by atoms with Crippen LogP contribution in [0.3, 0.4) is 0 Å². The molecule has 0 spiro atoms. The van der Waals surface area contributed by atoms with Crippen LogP contribution in [0.2, 0.25) is 0 Å². The summed E-state index contributed by atoms with van der Waals surface area (Å²) in [5.74, 6) is 0. The third-order valence-electron chi connectivity index (χ3n) is 2.81. The number of hydrogen-bond donors (Lipinski definition) is 0. The van der Waals surface area contributed by atoms with Crippen molar-refractivity contribution in [3.05, 3.63) is 48.0 Å². The predicted octanol–water partition coefficient (Wildman–Crippen LogP) is 3.35. The zero-order chi connectivity index (χ0) is 11.0. The van der Waals surface area contributed by atoms with Gasteiger partial charge in [-0.25, -0.2) is 9.97 Å². The number of aromatic nitrogens is 2. The van der Waals surface area contributed by atoms with Crippen molar-refractivity contribution in [2.24, 2.45) is 0 Å². The molecule has 2 nitrogen and oxygen atoms in total. The van der Waals surface area contributed by atoms with Gasteiger partial charge < -0.3 is 0 Å². The van der Waals surface area contributed by atoms with Crippen LogP contribution in [0.5, 0.6) is 0 Å². The Kier molecular flexibility index (Phi) is 2.07. The normalized spacial score (nSPS) is 11.1. The molecule has 0 aliphatic carbocycles. The lowest BCUT2D eigenvalue weighted by Gasteiger charge is -2.02. The molecular weight excluding hydrogens is 196 g/mol. The van der Waals surface area contributed by atoms with E-state index in [0.717, 1.165) is 28.5 Å². The van der Waals surface area contributed by atoms with Crippen molar-refractivity contribution in [3.8, 4) is 0 Å². The van der Waals surface area contributed by atoms with E-state index in [1.165, 1.54) is 5.56 Å². The molecule has 16 heavy (non-hydrogen) atoms.